The average molecular weight is 485 g/mol. The highest BCUT2D eigenvalue weighted by atomic mass is 19.4. The summed E-state index contributed by atoms with van der Waals surface area (Å²) in [5.41, 5.74) is -5.76. The Morgan fingerprint density at radius 2 is 1.42 bits per heavy atom. The van der Waals surface area contributed by atoms with Gasteiger partial charge in [0, 0.05) is 25.2 Å². The highest BCUT2D eigenvalue weighted by molar-refractivity contribution is 5.94. The number of carbonyl (C=O) groups is 2. The number of carbonyl (C=O) groups excluding carboxylic acids is 2. The van der Waals surface area contributed by atoms with Crippen LogP contribution in [0.15, 0.2) is 18.2 Å². The summed E-state index contributed by atoms with van der Waals surface area (Å²) in [6.45, 7) is 4.44. The topological polar surface area (TPSA) is 61.4 Å². The fourth-order valence-corrected chi connectivity index (χ4v) is 3.38. The third-order valence-corrected chi connectivity index (χ3v) is 5.36. The van der Waals surface area contributed by atoms with E-state index in [0.29, 0.717) is 44.6 Å². The molecule has 0 saturated carbocycles. The quantitative estimate of drug-likeness (QED) is 0.574. The molecule has 186 valence electrons. The van der Waals surface area contributed by atoms with Crippen LogP contribution in [-0.2, 0) is 17.1 Å². The lowest BCUT2D eigenvalue weighted by Gasteiger charge is -2.32. The summed E-state index contributed by atoms with van der Waals surface area (Å²) in [4.78, 5) is 25.8. The maximum Gasteiger partial charge on any atom is 0.416 e. The van der Waals surface area contributed by atoms with Gasteiger partial charge in [0.15, 0.2) is 5.67 Å². The van der Waals surface area contributed by atoms with E-state index in [1.807, 2.05) is 4.90 Å². The van der Waals surface area contributed by atoms with Crippen LogP contribution in [0.4, 0.5) is 30.7 Å². The summed E-state index contributed by atoms with van der Waals surface area (Å²) in [6.07, 6.45) is -8.77. The van der Waals surface area contributed by atoms with Gasteiger partial charge in [-0.3, -0.25) is 9.59 Å². The number of hydrogen-bond acceptors (Lipinski definition) is 3. The molecule has 0 unspecified atom stereocenters. The molecule has 1 aliphatic heterocycles. The molecule has 2 rings (SSSR count). The molecule has 0 spiro atoms. The molecule has 0 aromatic heterocycles. The lowest BCUT2D eigenvalue weighted by atomic mass is 9.96. The Morgan fingerprint density at radius 3 is 1.88 bits per heavy atom. The minimum atomic E-state index is -5.03. The van der Waals surface area contributed by atoms with Crippen molar-refractivity contribution in [2.24, 2.45) is 5.92 Å². The number of piperidine rings is 1. The van der Waals surface area contributed by atoms with Gasteiger partial charge in [-0.2, -0.15) is 26.3 Å². The Kier molecular flexibility index (Phi) is 8.36. The van der Waals surface area contributed by atoms with Crippen molar-refractivity contribution in [1.82, 2.24) is 15.5 Å². The zero-order valence-corrected chi connectivity index (χ0v) is 18.2. The van der Waals surface area contributed by atoms with Crippen LogP contribution in [0.25, 0.3) is 0 Å². The molecule has 2 amide bonds. The van der Waals surface area contributed by atoms with Gasteiger partial charge in [-0.05, 0) is 63.9 Å². The number of halogens is 7. The zero-order valence-electron chi connectivity index (χ0n) is 18.2. The van der Waals surface area contributed by atoms with E-state index in [-0.39, 0.29) is 25.1 Å². The van der Waals surface area contributed by atoms with E-state index in [9.17, 15) is 40.3 Å². The lowest BCUT2D eigenvalue weighted by Crippen LogP contribution is -2.45. The van der Waals surface area contributed by atoms with Gasteiger partial charge in [0.25, 0.3) is 11.8 Å². The summed E-state index contributed by atoms with van der Waals surface area (Å²) < 4.78 is 91.2. The summed E-state index contributed by atoms with van der Waals surface area (Å²) in [7, 11) is 0. The molecule has 1 aliphatic rings. The van der Waals surface area contributed by atoms with Crippen molar-refractivity contribution in [3.63, 3.8) is 0 Å². The molecule has 12 heteroatoms. The van der Waals surface area contributed by atoms with E-state index in [2.05, 4.69) is 10.6 Å². The first kappa shape index (κ1) is 26.9. The molecule has 1 saturated heterocycles. The van der Waals surface area contributed by atoms with Gasteiger partial charge in [0.1, 0.15) is 0 Å². The Balaban J connectivity index is 1.87. The van der Waals surface area contributed by atoms with E-state index < -0.39 is 46.5 Å². The lowest BCUT2D eigenvalue weighted by molar-refractivity contribution is -0.143. The predicted octanol–water partition coefficient (Wildman–Crippen LogP) is 4.03. The summed E-state index contributed by atoms with van der Waals surface area (Å²) in [5, 5.41) is 4.92. The van der Waals surface area contributed by atoms with Crippen LogP contribution in [-0.4, -0.2) is 55.1 Å². The standard InChI is InChI=1S/C21H26F7N3O2/c1-19(2,22)18(33)29-5-8-31-6-3-13(4-7-31)12-30-17(32)14-9-15(20(23,24)25)11-16(10-14)21(26,27)28/h9-11,13H,3-8,12H2,1-2H3,(H,29,33)(H,30,32). The number of likely N-dealkylation sites (tertiary alicyclic amines) is 1. The molecule has 0 atom stereocenters. The van der Waals surface area contributed by atoms with E-state index in [1.54, 1.807) is 0 Å². The van der Waals surface area contributed by atoms with Crippen LogP contribution in [0.3, 0.4) is 0 Å². The Morgan fingerprint density at radius 1 is 0.909 bits per heavy atom. The van der Waals surface area contributed by atoms with Gasteiger partial charge in [0.2, 0.25) is 0 Å². The molecule has 5 nitrogen and oxygen atoms in total. The monoisotopic (exact) mass is 485 g/mol. The van der Waals surface area contributed by atoms with Crippen molar-refractivity contribution < 1.29 is 40.3 Å². The Labute approximate surface area is 186 Å². The van der Waals surface area contributed by atoms with Crippen molar-refractivity contribution in [2.75, 3.05) is 32.7 Å². The van der Waals surface area contributed by atoms with Gasteiger partial charge in [-0.25, -0.2) is 4.39 Å². The molecule has 2 N–H and O–H groups in total. The van der Waals surface area contributed by atoms with Crippen molar-refractivity contribution in [3.05, 3.63) is 34.9 Å². The zero-order chi connectivity index (χ0) is 25.0. The highest BCUT2D eigenvalue weighted by Gasteiger charge is 2.37. The summed E-state index contributed by atoms with van der Waals surface area (Å²) in [6, 6.07) is 0.782. The first-order valence-electron chi connectivity index (χ1n) is 10.3. The molecule has 1 heterocycles. The molecule has 0 radical (unpaired) electrons. The minimum absolute atomic E-state index is 0.00236. The highest BCUT2D eigenvalue weighted by Crippen LogP contribution is 2.36. The number of benzene rings is 1. The van der Waals surface area contributed by atoms with E-state index in [0.717, 1.165) is 13.8 Å². The number of rotatable bonds is 7. The van der Waals surface area contributed by atoms with Gasteiger partial charge in [-0.15, -0.1) is 0 Å². The fourth-order valence-electron chi connectivity index (χ4n) is 3.38. The third kappa shape index (κ3) is 8.17. The van der Waals surface area contributed by atoms with Crippen LogP contribution in [0.2, 0.25) is 0 Å². The number of alkyl halides is 7. The first-order valence-corrected chi connectivity index (χ1v) is 10.3. The number of hydrogen-bond donors (Lipinski definition) is 2. The normalized spacial score (nSPS) is 16.5. The summed E-state index contributed by atoms with van der Waals surface area (Å²) in [5.74, 6) is -1.72. The van der Waals surface area contributed by atoms with E-state index >= 15 is 0 Å². The Hall–Kier alpha value is -2.37. The average Bonchev–Trinajstić information content (AvgIpc) is 2.70. The predicted molar refractivity (Wildman–Crippen MR) is 106 cm³/mol. The van der Waals surface area contributed by atoms with Gasteiger partial charge in [-0.1, -0.05) is 0 Å². The molecular formula is C21H26F7N3O2. The van der Waals surface area contributed by atoms with Crippen molar-refractivity contribution >= 4 is 11.8 Å². The fraction of sp³-hybridized carbons (Fsp3) is 0.619. The molecule has 0 bridgehead atoms. The van der Waals surface area contributed by atoms with Crippen LogP contribution in [0.5, 0.6) is 0 Å². The molecule has 1 fully saturated rings. The van der Waals surface area contributed by atoms with Gasteiger partial charge >= 0.3 is 12.4 Å². The largest absolute Gasteiger partial charge is 0.416 e. The third-order valence-electron chi connectivity index (χ3n) is 5.36. The van der Waals surface area contributed by atoms with Gasteiger partial charge < -0.3 is 15.5 Å². The smallest absolute Gasteiger partial charge is 0.352 e. The van der Waals surface area contributed by atoms with E-state index in [4.69, 9.17) is 0 Å². The minimum Gasteiger partial charge on any atom is -0.352 e. The van der Waals surface area contributed by atoms with E-state index in [1.165, 1.54) is 0 Å². The second kappa shape index (κ2) is 10.3. The Bertz CT molecular complexity index is 807. The molecule has 1 aromatic carbocycles. The van der Waals surface area contributed by atoms with Crippen LogP contribution in [0, 0.1) is 5.92 Å². The second-order valence-electron chi connectivity index (χ2n) is 8.52. The molecular weight excluding hydrogens is 459 g/mol. The maximum atomic E-state index is 13.5. The van der Waals surface area contributed by atoms with Crippen molar-refractivity contribution in [2.45, 2.75) is 44.7 Å². The molecule has 33 heavy (non-hydrogen) atoms. The second-order valence-corrected chi connectivity index (χ2v) is 8.52. The molecule has 0 aliphatic carbocycles. The first-order chi connectivity index (χ1) is 15.1. The number of nitrogens with one attached hydrogen (secondary N) is 2. The number of amides is 2. The summed E-state index contributed by atoms with van der Waals surface area (Å²) >= 11 is 0. The number of nitrogens with zero attached hydrogens (tertiary/aromatic N) is 1. The van der Waals surface area contributed by atoms with Gasteiger partial charge in [0.05, 0.1) is 11.1 Å². The maximum absolute atomic E-state index is 13.5. The van der Waals surface area contributed by atoms with Crippen LogP contribution < -0.4 is 10.6 Å². The van der Waals surface area contributed by atoms with Crippen molar-refractivity contribution in [1.29, 1.82) is 0 Å². The molecule has 1 aromatic rings. The van der Waals surface area contributed by atoms with Crippen molar-refractivity contribution in [3.8, 4) is 0 Å². The van der Waals surface area contributed by atoms with Crippen LogP contribution in [0.1, 0.15) is 48.2 Å². The van der Waals surface area contributed by atoms with Crippen LogP contribution >= 0.6 is 0 Å². The SMILES string of the molecule is CC(C)(F)C(=O)NCCN1CCC(CNC(=O)c2cc(C(F)(F)F)cc(C(F)(F)F)c2)CC1.